The molecule has 0 radical (unpaired) electrons. The van der Waals surface area contributed by atoms with Crippen molar-refractivity contribution in [1.29, 1.82) is 0 Å². The summed E-state index contributed by atoms with van der Waals surface area (Å²) in [6, 6.07) is 8.24. The topological polar surface area (TPSA) is 55.5 Å². The van der Waals surface area contributed by atoms with Crippen LogP contribution in [0.4, 0.5) is 0 Å². The van der Waals surface area contributed by atoms with Crippen LogP contribution in [0, 0.1) is 0 Å². The standard InChI is InChI=1S/C17H18N2O3/c1-3-10-18(11-4-2)17(21)15-9-8-14(22-15)13-19-12-6-5-7-16(19)20/h3-9,12H,1-2,10-11,13H2. The van der Waals surface area contributed by atoms with Crippen molar-refractivity contribution in [3.8, 4) is 0 Å². The predicted octanol–water partition coefficient (Wildman–Crippen LogP) is 2.30. The third kappa shape index (κ3) is 3.63. The fourth-order valence-corrected chi connectivity index (χ4v) is 2.04. The molecule has 2 rings (SSSR count). The molecule has 0 atom stereocenters. The summed E-state index contributed by atoms with van der Waals surface area (Å²) < 4.78 is 7.07. The van der Waals surface area contributed by atoms with Crippen LogP contribution in [-0.2, 0) is 6.54 Å². The Morgan fingerprint density at radius 2 is 1.91 bits per heavy atom. The Labute approximate surface area is 128 Å². The minimum Gasteiger partial charge on any atom is -0.454 e. The molecule has 5 nitrogen and oxygen atoms in total. The van der Waals surface area contributed by atoms with E-state index in [-0.39, 0.29) is 23.8 Å². The number of hydrogen-bond donors (Lipinski definition) is 0. The second-order valence-corrected chi connectivity index (χ2v) is 4.72. The van der Waals surface area contributed by atoms with Gasteiger partial charge in [-0.05, 0) is 18.2 Å². The summed E-state index contributed by atoms with van der Waals surface area (Å²) in [6.07, 6.45) is 4.97. The zero-order chi connectivity index (χ0) is 15.9. The van der Waals surface area contributed by atoms with E-state index in [1.165, 1.54) is 10.6 Å². The van der Waals surface area contributed by atoms with E-state index in [4.69, 9.17) is 4.42 Å². The zero-order valence-corrected chi connectivity index (χ0v) is 12.3. The molecule has 2 aromatic rings. The highest BCUT2D eigenvalue weighted by atomic mass is 16.4. The highest BCUT2D eigenvalue weighted by molar-refractivity contribution is 5.91. The van der Waals surface area contributed by atoms with E-state index in [9.17, 15) is 9.59 Å². The molecule has 0 saturated heterocycles. The molecule has 0 bridgehead atoms. The molecule has 0 aliphatic carbocycles. The molecule has 0 aliphatic heterocycles. The summed E-state index contributed by atoms with van der Waals surface area (Å²) in [5, 5.41) is 0. The van der Waals surface area contributed by atoms with Gasteiger partial charge in [-0.25, -0.2) is 0 Å². The molecule has 0 aromatic carbocycles. The maximum absolute atomic E-state index is 12.3. The average Bonchev–Trinajstić information content (AvgIpc) is 2.97. The van der Waals surface area contributed by atoms with Gasteiger partial charge in [0.15, 0.2) is 5.76 Å². The van der Waals surface area contributed by atoms with E-state index in [0.717, 1.165) is 0 Å². The second-order valence-electron chi connectivity index (χ2n) is 4.72. The van der Waals surface area contributed by atoms with Crippen molar-refractivity contribution in [2.45, 2.75) is 6.54 Å². The Balaban J connectivity index is 2.15. The Hall–Kier alpha value is -2.82. The lowest BCUT2D eigenvalue weighted by atomic mass is 10.3. The average molecular weight is 298 g/mol. The van der Waals surface area contributed by atoms with Gasteiger partial charge in [0.1, 0.15) is 5.76 Å². The van der Waals surface area contributed by atoms with E-state index in [1.807, 2.05) is 0 Å². The molecule has 0 saturated carbocycles. The van der Waals surface area contributed by atoms with Crippen LogP contribution in [0.15, 0.2) is 71.1 Å². The van der Waals surface area contributed by atoms with Gasteiger partial charge < -0.3 is 13.9 Å². The number of amides is 1. The maximum Gasteiger partial charge on any atom is 0.290 e. The highest BCUT2D eigenvalue weighted by Gasteiger charge is 2.17. The van der Waals surface area contributed by atoms with Crippen molar-refractivity contribution in [2.75, 3.05) is 13.1 Å². The predicted molar refractivity (Wildman–Crippen MR) is 84.8 cm³/mol. The Kier molecular flexibility index (Phi) is 5.14. The highest BCUT2D eigenvalue weighted by Crippen LogP contribution is 2.12. The van der Waals surface area contributed by atoms with Crippen LogP contribution in [0.1, 0.15) is 16.3 Å². The normalized spacial score (nSPS) is 10.2. The largest absolute Gasteiger partial charge is 0.454 e. The van der Waals surface area contributed by atoms with Gasteiger partial charge in [0.05, 0.1) is 6.54 Å². The third-order valence-corrected chi connectivity index (χ3v) is 3.08. The molecule has 0 N–H and O–H groups in total. The van der Waals surface area contributed by atoms with Crippen molar-refractivity contribution >= 4 is 5.91 Å². The molecule has 0 fully saturated rings. The fraction of sp³-hybridized carbons (Fsp3) is 0.176. The third-order valence-electron chi connectivity index (χ3n) is 3.08. The smallest absolute Gasteiger partial charge is 0.290 e. The minimum atomic E-state index is -0.230. The summed E-state index contributed by atoms with van der Waals surface area (Å²) in [5.74, 6) is 0.558. The van der Waals surface area contributed by atoms with Crippen LogP contribution in [0.2, 0.25) is 0 Å². The first-order valence-corrected chi connectivity index (χ1v) is 6.91. The molecule has 2 heterocycles. The summed E-state index contributed by atoms with van der Waals surface area (Å²) >= 11 is 0. The van der Waals surface area contributed by atoms with Gasteiger partial charge in [-0.3, -0.25) is 9.59 Å². The van der Waals surface area contributed by atoms with Crippen molar-refractivity contribution in [3.05, 3.63) is 83.7 Å². The van der Waals surface area contributed by atoms with E-state index >= 15 is 0 Å². The maximum atomic E-state index is 12.3. The molecule has 22 heavy (non-hydrogen) atoms. The molecule has 0 aliphatic rings. The second kappa shape index (κ2) is 7.26. The van der Waals surface area contributed by atoms with Crippen LogP contribution in [0.3, 0.4) is 0 Å². The Morgan fingerprint density at radius 3 is 2.55 bits per heavy atom. The van der Waals surface area contributed by atoms with Crippen LogP contribution in [-0.4, -0.2) is 28.5 Å². The molecule has 2 aromatic heterocycles. The lowest BCUT2D eigenvalue weighted by Crippen LogP contribution is -2.31. The number of carbonyl (C=O) groups is 1. The number of hydrogen-bond acceptors (Lipinski definition) is 3. The lowest BCUT2D eigenvalue weighted by Gasteiger charge is -2.17. The molecule has 5 heteroatoms. The van der Waals surface area contributed by atoms with E-state index in [2.05, 4.69) is 13.2 Å². The first-order chi connectivity index (χ1) is 10.7. The van der Waals surface area contributed by atoms with Crippen molar-refractivity contribution in [3.63, 3.8) is 0 Å². The quantitative estimate of drug-likeness (QED) is 0.737. The van der Waals surface area contributed by atoms with Gasteiger partial charge in [-0.2, -0.15) is 0 Å². The Bertz CT molecular complexity index is 717. The SMILES string of the molecule is C=CCN(CC=C)C(=O)c1ccc(Cn2ccccc2=O)o1. The Morgan fingerprint density at radius 1 is 1.18 bits per heavy atom. The van der Waals surface area contributed by atoms with E-state index in [1.54, 1.807) is 47.5 Å². The molecular formula is C17H18N2O3. The van der Waals surface area contributed by atoms with Gasteiger partial charge in [-0.15, -0.1) is 13.2 Å². The number of rotatable bonds is 7. The van der Waals surface area contributed by atoms with E-state index < -0.39 is 0 Å². The summed E-state index contributed by atoms with van der Waals surface area (Å²) in [5.41, 5.74) is -0.119. The summed E-state index contributed by atoms with van der Waals surface area (Å²) in [4.78, 5) is 25.6. The first kappa shape index (κ1) is 15.6. The summed E-state index contributed by atoms with van der Waals surface area (Å²) in [6.45, 7) is 8.38. The fourth-order valence-electron chi connectivity index (χ4n) is 2.04. The molecule has 0 spiro atoms. The number of aromatic nitrogens is 1. The van der Waals surface area contributed by atoms with Crippen LogP contribution in [0.5, 0.6) is 0 Å². The molecule has 1 amide bonds. The molecular weight excluding hydrogens is 280 g/mol. The van der Waals surface area contributed by atoms with Gasteiger partial charge in [0, 0.05) is 25.4 Å². The zero-order valence-electron chi connectivity index (χ0n) is 12.3. The monoisotopic (exact) mass is 298 g/mol. The lowest BCUT2D eigenvalue weighted by molar-refractivity contribution is 0.0757. The number of nitrogens with zero attached hydrogens (tertiary/aromatic N) is 2. The van der Waals surface area contributed by atoms with Crippen molar-refractivity contribution in [2.24, 2.45) is 0 Å². The van der Waals surface area contributed by atoms with E-state index in [0.29, 0.717) is 18.8 Å². The van der Waals surface area contributed by atoms with Gasteiger partial charge >= 0.3 is 0 Å². The molecule has 114 valence electrons. The van der Waals surface area contributed by atoms with Crippen LogP contribution in [0.25, 0.3) is 0 Å². The van der Waals surface area contributed by atoms with Gasteiger partial charge in [0.2, 0.25) is 0 Å². The molecule has 0 unspecified atom stereocenters. The van der Waals surface area contributed by atoms with Crippen molar-refractivity contribution in [1.82, 2.24) is 9.47 Å². The van der Waals surface area contributed by atoms with Crippen LogP contribution < -0.4 is 5.56 Å². The number of pyridine rings is 1. The van der Waals surface area contributed by atoms with Gasteiger partial charge in [0.25, 0.3) is 11.5 Å². The van der Waals surface area contributed by atoms with Crippen LogP contribution >= 0.6 is 0 Å². The number of carbonyl (C=O) groups excluding carboxylic acids is 1. The number of furan rings is 1. The minimum absolute atomic E-state index is 0.119. The first-order valence-electron chi connectivity index (χ1n) is 6.91. The summed E-state index contributed by atoms with van der Waals surface area (Å²) in [7, 11) is 0. The van der Waals surface area contributed by atoms with Crippen molar-refractivity contribution < 1.29 is 9.21 Å². The van der Waals surface area contributed by atoms with Gasteiger partial charge in [-0.1, -0.05) is 18.2 Å².